The zero-order valence-electron chi connectivity index (χ0n) is 7.92. The summed E-state index contributed by atoms with van der Waals surface area (Å²) in [6, 6.07) is 0. The molecule has 2 rings (SSSR count). The van der Waals surface area contributed by atoms with Crippen molar-refractivity contribution in [1.82, 2.24) is 4.40 Å². The van der Waals surface area contributed by atoms with Crippen LogP contribution in [0.15, 0.2) is 11.6 Å². The van der Waals surface area contributed by atoms with Gasteiger partial charge in [0.25, 0.3) is 0 Å². The fourth-order valence-electron chi connectivity index (χ4n) is 1.68. The van der Waals surface area contributed by atoms with Gasteiger partial charge in [-0.2, -0.15) is 0 Å². The molecular weight excluding hydrogens is 182 g/mol. The second kappa shape index (κ2) is 2.70. The molecule has 68 valence electrons. The van der Waals surface area contributed by atoms with Crippen LogP contribution in [-0.2, 0) is 0 Å². The molecule has 3 heteroatoms. The summed E-state index contributed by atoms with van der Waals surface area (Å²) >= 11 is 1.68. The van der Waals surface area contributed by atoms with Gasteiger partial charge in [0.1, 0.15) is 4.83 Å². The van der Waals surface area contributed by atoms with Gasteiger partial charge in [-0.25, -0.2) is 0 Å². The van der Waals surface area contributed by atoms with Crippen LogP contribution in [0.2, 0.25) is 0 Å². The van der Waals surface area contributed by atoms with Crippen LogP contribution in [0.25, 0.3) is 4.83 Å². The average molecular weight is 193 g/mol. The molecular formula is C10H11NOS. The topological polar surface area (TPSA) is 21.5 Å². The minimum Gasteiger partial charge on any atom is -0.304 e. The van der Waals surface area contributed by atoms with E-state index in [4.69, 9.17) is 0 Å². The zero-order valence-corrected chi connectivity index (χ0v) is 8.73. The quantitative estimate of drug-likeness (QED) is 0.638. The van der Waals surface area contributed by atoms with Crippen molar-refractivity contribution < 1.29 is 4.79 Å². The molecule has 0 saturated heterocycles. The molecule has 0 spiro atoms. The van der Waals surface area contributed by atoms with Gasteiger partial charge in [-0.05, 0) is 25.0 Å². The van der Waals surface area contributed by atoms with Crippen LogP contribution in [0.5, 0.6) is 0 Å². The first-order valence-electron chi connectivity index (χ1n) is 4.18. The Kier molecular flexibility index (Phi) is 1.77. The van der Waals surface area contributed by atoms with Crippen molar-refractivity contribution in [3.05, 3.63) is 28.4 Å². The van der Waals surface area contributed by atoms with Gasteiger partial charge < -0.3 is 4.40 Å². The van der Waals surface area contributed by atoms with Crippen LogP contribution in [0.4, 0.5) is 0 Å². The number of hydrogen-bond acceptors (Lipinski definition) is 2. The number of Topliss-reactive ketones (excluding diaryl/α,β-unsaturated/α-hetero) is 1. The minimum absolute atomic E-state index is 0.138. The number of aryl methyl sites for hydroxylation is 1. The van der Waals surface area contributed by atoms with Gasteiger partial charge in [-0.1, -0.05) is 0 Å². The summed E-state index contributed by atoms with van der Waals surface area (Å²) in [4.78, 5) is 12.6. The molecule has 0 amide bonds. The maximum atomic E-state index is 11.4. The third-order valence-electron chi connectivity index (χ3n) is 2.42. The third-order valence-corrected chi connectivity index (χ3v) is 3.41. The van der Waals surface area contributed by atoms with E-state index in [1.807, 2.05) is 22.9 Å². The largest absolute Gasteiger partial charge is 0.304 e. The van der Waals surface area contributed by atoms with E-state index in [1.54, 1.807) is 18.3 Å². The highest BCUT2D eigenvalue weighted by Crippen LogP contribution is 2.26. The molecule has 0 aliphatic heterocycles. The number of thiazole rings is 1. The van der Waals surface area contributed by atoms with Gasteiger partial charge in [-0.3, -0.25) is 4.79 Å². The number of nitrogens with zero attached hydrogens (tertiary/aromatic N) is 1. The van der Waals surface area contributed by atoms with E-state index in [9.17, 15) is 4.79 Å². The lowest BCUT2D eigenvalue weighted by molar-refractivity contribution is 0.101. The molecule has 0 radical (unpaired) electrons. The molecule has 0 unspecified atom stereocenters. The smallest absolute Gasteiger partial charge is 0.176 e. The Morgan fingerprint density at radius 2 is 2.08 bits per heavy atom. The van der Waals surface area contributed by atoms with Crippen LogP contribution in [-0.4, -0.2) is 10.2 Å². The van der Waals surface area contributed by atoms with Crippen molar-refractivity contribution in [3.63, 3.8) is 0 Å². The Morgan fingerprint density at radius 3 is 2.69 bits per heavy atom. The SMILES string of the molecule is CC(=O)c1c(C)c(C)c2sccn12. The Hall–Kier alpha value is -1.09. The molecule has 2 heterocycles. The predicted octanol–water partition coefficient (Wildman–Crippen LogP) is 2.82. The first-order valence-corrected chi connectivity index (χ1v) is 5.06. The summed E-state index contributed by atoms with van der Waals surface area (Å²) < 4.78 is 1.98. The van der Waals surface area contributed by atoms with E-state index in [0.29, 0.717) is 0 Å². The highest BCUT2D eigenvalue weighted by molar-refractivity contribution is 7.15. The Labute approximate surface area is 80.8 Å². The standard InChI is InChI=1S/C10H11NOS/c1-6-7(2)10-11(4-5-13-10)9(6)8(3)12/h4-5H,1-3H3. The molecule has 0 saturated carbocycles. The van der Waals surface area contributed by atoms with Crippen LogP contribution >= 0.6 is 11.3 Å². The maximum absolute atomic E-state index is 11.4. The first-order chi connectivity index (χ1) is 6.13. The summed E-state index contributed by atoms with van der Waals surface area (Å²) in [7, 11) is 0. The molecule has 0 N–H and O–H groups in total. The van der Waals surface area contributed by atoms with E-state index < -0.39 is 0 Å². The normalized spacial score (nSPS) is 11.0. The van der Waals surface area contributed by atoms with Gasteiger partial charge in [0.15, 0.2) is 5.78 Å². The molecule has 0 atom stereocenters. The molecule has 0 fully saturated rings. The number of carbonyl (C=O) groups is 1. The monoisotopic (exact) mass is 193 g/mol. The fraction of sp³-hybridized carbons (Fsp3) is 0.300. The lowest BCUT2D eigenvalue weighted by atomic mass is 10.1. The summed E-state index contributed by atoms with van der Waals surface area (Å²) in [6.45, 7) is 5.69. The molecule has 13 heavy (non-hydrogen) atoms. The van der Waals surface area contributed by atoms with Crippen molar-refractivity contribution in [3.8, 4) is 0 Å². The van der Waals surface area contributed by atoms with Gasteiger partial charge in [0.2, 0.25) is 0 Å². The molecule has 0 aliphatic carbocycles. The fourth-order valence-corrected chi connectivity index (χ4v) is 2.58. The van der Waals surface area contributed by atoms with Gasteiger partial charge in [-0.15, -0.1) is 11.3 Å². The number of fused-ring (bicyclic) bond motifs is 1. The Morgan fingerprint density at radius 1 is 1.38 bits per heavy atom. The van der Waals surface area contributed by atoms with Crippen LogP contribution < -0.4 is 0 Å². The van der Waals surface area contributed by atoms with Crippen molar-refractivity contribution in [2.24, 2.45) is 0 Å². The molecule has 0 aliphatic rings. The van der Waals surface area contributed by atoms with Gasteiger partial charge in [0.05, 0.1) is 5.69 Å². The van der Waals surface area contributed by atoms with Crippen LogP contribution in [0.1, 0.15) is 28.5 Å². The van der Waals surface area contributed by atoms with Crippen molar-refractivity contribution in [2.45, 2.75) is 20.8 Å². The number of carbonyl (C=O) groups excluding carboxylic acids is 1. The van der Waals surface area contributed by atoms with E-state index in [-0.39, 0.29) is 5.78 Å². The molecule has 2 aromatic rings. The summed E-state index contributed by atoms with van der Waals surface area (Å²) in [6.07, 6.45) is 1.96. The highest BCUT2D eigenvalue weighted by atomic mass is 32.1. The average Bonchev–Trinajstić information content (AvgIpc) is 2.57. The van der Waals surface area contributed by atoms with Gasteiger partial charge in [0, 0.05) is 18.5 Å². The second-order valence-corrected chi connectivity index (χ2v) is 4.13. The number of rotatable bonds is 1. The van der Waals surface area contributed by atoms with Gasteiger partial charge >= 0.3 is 0 Å². The molecule has 0 aromatic carbocycles. The van der Waals surface area contributed by atoms with E-state index in [2.05, 4.69) is 6.92 Å². The van der Waals surface area contributed by atoms with Crippen LogP contribution in [0.3, 0.4) is 0 Å². The first kappa shape index (κ1) is 8.51. The van der Waals surface area contributed by atoms with Crippen molar-refractivity contribution in [2.75, 3.05) is 0 Å². The van der Waals surface area contributed by atoms with E-state index >= 15 is 0 Å². The summed E-state index contributed by atoms with van der Waals surface area (Å²) in [5.74, 6) is 0.138. The molecule has 2 aromatic heterocycles. The third kappa shape index (κ3) is 1.04. The number of hydrogen-bond donors (Lipinski definition) is 0. The lowest BCUT2D eigenvalue weighted by Gasteiger charge is -1.95. The van der Waals surface area contributed by atoms with Crippen molar-refractivity contribution in [1.29, 1.82) is 0 Å². The zero-order chi connectivity index (χ0) is 9.59. The minimum atomic E-state index is 0.138. The van der Waals surface area contributed by atoms with Crippen molar-refractivity contribution >= 4 is 22.0 Å². The lowest BCUT2D eigenvalue weighted by Crippen LogP contribution is -1.98. The second-order valence-electron chi connectivity index (χ2n) is 3.23. The van der Waals surface area contributed by atoms with Crippen LogP contribution in [0, 0.1) is 13.8 Å². The molecule has 0 bridgehead atoms. The summed E-state index contributed by atoms with van der Waals surface area (Å²) in [5, 5.41) is 2.01. The Balaban J connectivity index is 2.92. The maximum Gasteiger partial charge on any atom is 0.176 e. The molecule has 2 nitrogen and oxygen atoms in total. The van der Waals surface area contributed by atoms with E-state index in [0.717, 1.165) is 11.3 Å². The summed E-state index contributed by atoms with van der Waals surface area (Å²) in [5.41, 5.74) is 3.16. The van der Waals surface area contributed by atoms with E-state index in [1.165, 1.54) is 10.4 Å². The Bertz CT molecular complexity index is 478. The predicted molar refractivity (Wildman–Crippen MR) is 54.8 cm³/mol. The highest BCUT2D eigenvalue weighted by Gasteiger charge is 2.15. The number of ketones is 1. The number of aromatic nitrogens is 1.